The Morgan fingerprint density at radius 3 is 2.21 bits per heavy atom. The summed E-state index contributed by atoms with van der Waals surface area (Å²) in [5, 5.41) is 0.512. The van der Waals surface area contributed by atoms with E-state index in [0.29, 0.717) is 21.7 Å². The number of carbonyl (C=O) groups excluding carboxylic acids is 4. The average molecular weight is 622 g/mol. The minimum atomic E-state index is -0.975. The summed E-state index contributed by atoms with van der Waals surface area (Å²) in [7, 11) is 0. The van der Waals surface area contributed by atoms with Crippen molar-refractivity contribution in [2.24, 2.45) is 11.8 Å². The van der Waals surface area contributed by atoms with Crippen LogP contribution in [0.4, 0.5) is 5.69 Å². The van der Waals surface area contributed by atoms with Crippen LogP contribution in [0.5, 0.6) is 0 Å². The van der Waals surface area contributed by atoms with Crippen molar-refractivity contribution in [2.75, 3.05) is 4.90 Å². The van der Waals surface area contributed by atoms with Crippen LogP contribution in [0.2, 0.25) is 10.0 Å². The van der Waals surface area contributed by atoms with Crippen LogP contribution in [0.25, 0.3) is 0 Å². The number of carbonyl (C=O) groups is 4. The van der Waals surface area contributed by atoms with Crippen LogP contribution >= 0.6 is 39.1 Å². The van der Waals surface area contributed by atoms with Crippen LogP contribution in [-0.2, 0) is 9.59 Å². The minimum absolute atomic E-state index is 0.149. The van der Waals surface area contributed by atoms with E-state index < -0.39 is 35.7 Å². The first-order valence-corrected chi connectivity index (χ1v) is 13.7. The maximum absolute atomic E-state index is 13.9. The Hall–Kier alpha value is -3.52. The van der Waals surface area contributed by atoms with E-state index in [1.165, 1.54) is 12.1 Å². The van der Waals surface area contributed by atoms with E-state index in [-0.39, 0.29) is 22.3 Å². The molecule has 194 valence electrons. The molecule has 0 unspecified atom stereocenters. The zero-order chi connectivity index (χ0) is 27.4. The van der Waals surface area contributed by atoms with Crippen molar-refractivity contribution >= 4 is 68.2 Å². The van der Waals surface area contributed by atoms with Gasteiger partial charge in [-0.3, -0.25) is 19.2 Å². The number of halogens is 3. The molecule has 4 atom stereocenters. The molecule has 6 rings (SSSR count). The topological polar surface area (TPSA) is 74.8 Å². The Morgan fingerprint density at radius 1 is 0.821 bits per heavy atom. The fraction of sp³-hybridized carbons (Fsp3) is 0.133. The minimum Gasteiger partial charge on any atom is -0.359 e. The SMILES string of the molecule is O=C(C1=C[C@@H]2[C@@H]3C(=O)N(c4ccc(Cl)cc4Cl)C(=O)[C@H]3[C@@H](C(=O)c3ccc(Br)cc3)N2C=C1)c1ccccc1. The van der Waals surface area contributed by atoms with Crippen LogP contribution in [0.3, 0.4) is 0 Å². The van der Waals surface area contributed by atoms with Gasteiger partial charge in [0.05, 0.1) is 28.6 Å². The van der Waals surface area contributed by atoms with E-state index in [9.17, 15) is 19.2 Å². The fourth-order valence-corrected chi connectivity index (χ4v) is 6.40. The van der Waals surface area contributed by atoms with Crippen LogP contribution in [0.1, 0.15) is 20.7 Å². The van der Waals surface area contributed by atoms with Crippen molar-refractivity contribution in [3.63, 3.8) is 0 Å². The Labute approximate surface area is 242 Å². The number of Topliss-reactive ketones (excluding diaryl/α,β-unsaturated/α-hetero) is 2. The van der Waals surface area contributed by atoms with Crippen LogP contribution < -0.4 is 4.90 Å². The predicted octanol–water partition coefficient (Wildman–Crippen LogP) is 6.13. The third-order valence-electron chi connectivity index (χ3n) is 7.39. The third kappa shape index (κ3) is 4.25. The van der Waals surface area contributed by atoms with Gasteiger partial charge in [0.25, 0.3) is 0 Å². The zero-order valence-electron chi connectivity index (χ0n) is 20.1. The van der Waals surface area contributed by atoms with Crippen molar-refractivity contribution in [3.8, 4) is 0 Å². The van der Waals surface area contributed by atoms with Crippen molar-refractivity contribution in [2.45, 2.75) is 12.1 Å². The second-order valence-electron chi connectivity index (χ2n) is 9.55. The van der Waals surface area contributed by atoms with E-state index in [2.05, 4.69) is 15.9 Å². The lowest BCUT2D eigenvalue weighted by Crippen LogP contribution is -2.46. The molecular weight excluding hydrogens is 603 g/mol. The Kier molecular flexibility index (Phi) is 6.53. The summed E-state index contributed by atoms with van der Waals surface area (Å²) in [4.78, 5) is 57.8. The number of nitrogens with zero attached hydrogens (tertiary/aromatic N) is 2. The molecule has 0 N–H and O–H groups in total. The summed E-state index contributed by atoms with van der Waals surface area (Å²) >= 11 is 15.8. The number of amides is 2. The molecule has 3 aliphatic heterocycles. The number of anilines is 1. The lowest BCUT2D eigenvalue weighted by molar-refractivity contribution is -0.123. The lowest BCUT2D eigenvalue weighted by atomic mass is 9.85. The number of ketones is 2. The van der Waals surface area contributed by atoms with Crippen molar-refractivity contribution in [1.29, 1.82) is 0 Å². The van der Waals surface area contributed by atoms with E-state index in [4.69, 9.17) is 23.2 Å². The summed E-state index contributed by atoms with van der Waals surface area (Å²) < 4.78 is 0.807. The van der Waals surface area contributed by atoms with Gasteiger partial charge in [-0.1, -0.05) is 87.7 Å². The highest BCUT2D eigenvalue weighted by Crippen LogP contribution is 2.48. The molecule has 3 aromatic rings. The highest BCUT2D eigenvalue weighted by atomic mass is 79.9. The van der Waals surface area contributed by atoms with Crippen LogP contribution in [0.15, 0.2) is 101 Å². The first-order chi connectivity index (χ1) is 18.8. The first kappa shape index (κ1) is 25.7. The molecule has 39 heavy (non-hydrogen) atoms. The van der Waals surface area contributed by atoms with E-state index in [0.717, 1.165) is 9.37 Å². The van der Waals surface area contributed by atoms with Crippen molar-refractivity contribution in [1.82, 2.24) is 4.90 Å². The number of hydrogen-bond acceptors (Lipinski definition) is 5. The van der Waals surface area contributed by atoms with Crippen molar-refractivity contribution < 1.29 is 19.2 Å². The predicted molar refractivity (Wildman–Crippen MR) is 152 cm³/mol. The van der Waals surface area contributed by atoms with Crippen LogP contribution in [0, 0.1) is 11.8 Å². The second kappa shape index (κ2) is 9.90. The van der Waals surface area contributed by atoms with Gasteiger partial charge in [0.1, 0.15) is 6.04 Å². The fourth-order valence-electron chi connectivity index (χ4n) is 5.64. The zero-order valence-corrected chi connectivity index (χ0v) is 23.2. The number of allylic oxidation sites excluding steroid dienone is 2. The van der Waals surface area contributed by atoms with Crippen molar-refractivity contribution in [3.05, 3.63) is 122 Å². The number of benzene rings is 3. The van der Waals surface area contributed by atoms with E-state index >= 15 is 0 Å². The van der Waals surface area contributed by atoms with Gasteiger partial charge in [-0.15, -0.1) is 0 Å². The summed E-state index contributed by atoms with van der Waals surface area (Å²) in [5.41, 5.74) is 1.51. The Balaban J connectivity index is 1.44. The summed E-state index contributed by atoms with van der Waals surface area (Å²) in [6.45, 7) is 0. The second-order valence-corrected chi connectivity index (χ2v) is 11.3. The van der Waals surface area contributed by atoms with Gasteiger partial charge in [0.15, 0.2) is 11.6 Å². The van der Waals surface area contributed by atoms with Gasteiger partial charge >= 0.3 is 0 Å². The Morgan fingerprint density at radius 2 is 1.51 bits per heavy atom. The molecule has 3 aromatic carbocycles. The van der Waals surface area contributed by atoms with E-state index in [1.807, 2.05) is 6.07 Å². The molecule has 2 saturated heterocycles. The molecule has 0 spiro atoms. The van der Waals surface area contributed by atoms with Gasteiger partial charge in [0.2, 0.25) is 11.8 Å². The summed E-state index contributed by atoms with van der Waals surface area (Å²) in [6, 6.07) is 18.6. The Bertz CT molecular complexity index is 1600. The summed E-state index contributed by atoms with van der Waals surface area (Å²) in [6.07, 6.45) is 4.98. The number of fused-ring (bicyclic) bond motifs is 3. The number of rotatable bonds is 5. The molecular formula is C30H19BrCl2N2O4. The molecule has 2 amide bonds. The number of hydrogen-bond donors (Lipinski definition) is 0. The lowest BCUT2D eigenvalue weighted by Gasteiger charge is -2.33. The number of imide groups is 1. The molecule has 2 fully saturated rings. The molecule has 0 saturated carbocycles. The summed E-state index contributed by atoms with van der Waals surface area (Å²) in [5.74, 6) is -3.36. The van der Waals surface area contributed by atoms with Gasteiger partial charge in [-0.2, -0.15) is 0 Å². The standard InChI is InChI=1S/C30H19BrCl2N2O4/c31-19-8-6-17(7-9-19)28(37)26-25-24(29(38)35(30(25)39)22-11-10-20(32)15-21(22)33)23-14-18(12-13-34(23)26)27(36)16-4-2-1-3-5-16/h1-15,23-26H/t23-,24+,25-,26+/m1/s1. The maximum Gasteiger partial charge on any atom is 0.240 e. The van der Waals surface area contributed by atoms with Gasteiger partial charge in [-0.25, -0.2) is 4.90 Å². The average Bonchev–Trinajstić information content (AvgIpc) is 3.40. The molecule has 9 heteroatoms. The smallest absolute Gasteiger partial charge is 0.240 e. The van der Waals surface area contributed by atoms with Gasteiger partial charge in [0, 0.05) is 32.4 Å². The monoisotopic (exact) mass is 620 g/mol. The van der Waals surface area contributed by atoms with Gasteiger partial charge < -0.3 is 4.90 Å². The third-order valence-corrected chi connectivity index (χ3v) is 8.46. The van der Waals surface area contributed by atoms with Gasteiger partial charge in [-0.05, 0) is 36.4 Å². The molecule has 6 nitrogen and oxygen atoms in total. The molecule has 0 aromatic heterocycles. The molecule has 0 radical (unpaired) electrons. The highest BCUT2D eigenvalue weighted by molar-refractivity contribution is 9.10. The normalized spacial score (nSPS) is 23.5. The maximum atomic E-state index is 13.9. The molecule has 0 aliphatic carbocycles. The molecule has 0 bridgehead atoms. The van der Waals surface area contributed by atoms with Crippen LogP contribution in [-0.4, -0.2) is 40.4 Å². The largest absolute Gasteiger partial charge is 0.359 e. The highest BCUT2D eigenvalue weighted by Gasteiger charge is 2.63. The van der Waals surface area contributed by atoms with E-state index in [1.54, 1.807) is 77.8 Å². The first-order valence-electron chi connectivity index (χ1n) is 12.2. The molecule has 3 aliphatic rings. The molecule has 3 heterocycles. The quantitative estimate of drug-likeness (QED) is 0.253.